The van der Waals surface area contributed by atoms with Crippen molar-refractivity contribution < 1.29 is 9.53 Å². The first-order chi connectivity index (χ1) is 16.5. The molecule has 3 heteroatoms. The molecule has 2 rings (SSSR count). The van der Waals surface area contributed by atoms with Crippen LogP contribution in [0.3, 0.4) is 0 Å². The summed E-state index contributed by atoms with van der Waals surface area (Å²) < 4.78 is 5.71. The summed E-state index contributed by atoms with van der Waals surface area (Å²) in [6.45, 7) is 23.4. The quantitative estimate of drug-likeness (QED) is 0.226. The van der Waals surface area contributed by atoms with E-state index >= 15 is 0 Å². The molecule has 208 valence electrons. The van der Waals surface area contributed by atoms with Crippen molar-refractivity contribution in [3.8, 4) is 0 Å². The highest BCUT2D eigenvalue weighted by Crippen LogP contribution is 2.44. The summed E-state index contributed by atoms with van der Waals surface area (Å²) in [5, 5.41) is 0. The van der Waals surface area contributed by atoms with Gasteiger partial charge in [0, 0.05) is 24.3 Å². The molecule has 1 saturated carbocycles. The van der Waals surface area contributed by atoms with Crippen LogP contribution in [0.2, 0.25) is 0 Å². The van der Waals surface area contributed by atoms with Crippen LogP contribution >= 0.6 is 0 Å². The zero-order valence-corrected chi connectivity index (χ0v) is 25.6. The molecule has 1 heterocycles. The number of Topliss-reactive ketones (excluding diaryl/α,β-unsaturated/α-hetero) is 1. The summed E-state index contributed by atoms with van der Waals surface area (Å²) in [6, 6.07) is 0.781. The van der Waals surface area contributed by atoms with Crippen LogP contribution < -0.4 is 0 Å². The molecule has 3 nitrogen and oxygen atoms in total. The number of hydrogen-bond acceptors (Lipinski definition) is 3. The molecule has 2 fully saturated rings. The number of ketones is 1. The first-order valence-electron chi connectivity index (χ1n) is 15.0. The summed E-state index contributed by atoms with van der Waals surface area (Å²) in [6.07, 6.45) is 13.6. The molecule has 1 saturated heterocycles. The predicted octanol–water partition coefficient (Wildman–Crippen LogP) is 8.81. The number of allylic oxidation sites excluding steroid dienone is 1. The Kier molecular flexibility index (Phi) is 18.2. The predicted molar refractivity (Wildman–Crippen MR) is 155 cm³/mol. The number of hydrogen-bond donors (Lipinski definition) is 0. The van der Waals surface area contributed by atoms with Crippen LogP contribution in [0.1, 0.15) is 120 Å². The lowest BCUT2D eigenvalue weighted by atomic mass is 9.82. The molecule has 0 aromatic rings. The summed E-state index contributed by atoms with van der Waals surface area (Å²) >= 11 is 0. The number of ether oxygens (including phenoxy) is 1. The summed E-state index contributed by atoms with van der Waals surface area (Å²) in [4.78, 5) is 14.7. The maximum atomic E-state index is 12.4. The molecular weight excluding hydrogens is 430 g/mol. The Hall–Kier alpha value is -0.670. The fraction of sp³-hybridized carbons (Fsp3) is 0.906. The van der Waals surface area contributed by atoms with Crippen molar-refractivity contribution in [1.29, 1.82) is 0 Å². The molecule has 0 amide bonds. The molecule has 1 aliphatic heterocycles. The molecule has 0 aromatic carbocycles. The van der Waals surface area contributed by atoms with Crippen LogP contribution in [-0.4, -0.2) is 43.0 Å². The Morgan fingerprint density at radius 1 is 1.03 bits per heavy atom. The van der Waals surface area contributed by atoms with Gasteiger partial charge in [0.2, 0.25) is 0 Å². The Labute approximate surface area is 220 Å². The van der Waals surface area contributed by atoms with E-state index < -0.39 is 0 Å². The molecule has 9 unspecified atom stereocenters. The smallest absolute Gasteiger partial charge is 0.135 e. The lowest BCUT2D eigenvalue weighted by molar-refractivity contribution is -0.124. The normalized spacial score (nSPS) is 27.1. The Morgan fingerprint density at radius 3 is 2.20 bits per heavy atom. The molecule has 0 aromatic heterocycles. The van der Waals surface area contributed by atoms with E-state index in [1.165, 1.54) is 44.9 Å². The fourth-order valence-electron chi connectivity index (χ4n) is 5.20. The minimum absolute atomic E-state index is 0.224. The van der Waals surface area contributed by atoms with Crippen LogP contribution in [0, 0.1) is 35.5 Å². The second-order valence-corrected chi connectivity index (χ2v) is 11.9. The van der Waals surface area contributed by atoms with Crippen molar-refractivity contribution in [3.05, 3.63) is 12.7 Å². The van der Waals surface area contributed by atoms with Gasteiger partial charge in [-0.05, 0) is 76.8 Å². The van der Waals surface area contributed by atoms with Crippen LogP contribution in [-0.2, 0) is 9.53 Å². The highest BCUT2D eigenvalue weighted by atomic mass is 16.5. The van der Waals surface area contributed by atoms with Gasteiger partial charge in [-0.3, -0.25) is 4.79 Å². The third kappa shape index (κ3) is 14.0. The van der Waals surface area contributed by atoms with Crippen molar-refractivity contribution in [2.24, 2.45) is 35.5 Å². The molecule has 0 N–H and O–H groups in total. The lowest BCUT2D eigenvalue weighted by Crippen LogP contribution is -2.38. The van der Waals surface area contributed by atoms with Crippen molar-refractivity contribution in [1.82, 2.24) is 4.90 Å². The second-order valence-electron chi connectivity index (χ2n) is 11.9. The third-order valence-electron chi connectivity index (χ3n) is 8.39. The molecule has 2 aliphatic rings. The third-order valence-corrected chi connectivity index (χ3v) is 8.39. The number of nitrogens with zero attached hydrogens (tertiary/aromatic N) is 1. The Morgan fingerprint density at radius 2 is 1.66 bits per heavy atom. The van der Waals surface area contributed by atoms with Gasteiger partial charge in [0.15, 0.2) is 0 Å². The van der Waals surface area contributed by atoms with Crippen molar-refractivity contribution in [3.63, 3.8) is 0 Å². The van der Waals surface area contributed by atoms with E-state index in [9.17, 15) is 4.79 Å². The highest BCUT2D eigenvalue weighted by molar-refractivity contribution is 5.80. The van der Waals surface area contributed by atoms with E-state index in [0.29, 0.717) is 35.7 Å². The van der Waals surface area contributed by atoms with E-state index in [2.05, 4.69) is 74.0 Å². The molecule has 0 bridgehead atoms. The highest BCUT2D eigenvalue weighted by Gasteiger charge is 2.49. The SMILES string of the molecule is C=CC(C)CCCC(C)CCC(=O)C(C)C(C)CC(C)CC.CC.CC1CC(N(C)C)C2CC2O1. The standard InChI is InChI=1S/C21H40O.C9H17NO.C2H6/c1-8-16(3)11-10-12-18(5)13-14-21(22)20(7)19(6)15-17(4)9-2;1-6-4-8(10(2)3)7-5-9(7)11-6;1-2/h8,16-20H,1,9-15H2,2-7H3;6-9H,4-5H2,1-3H3;1-2H3. The zero-order chi connectivity index (χ0) is 27.1. The van der Waals surface area contributed by atoms with E-state index in [4.69, 9.17) is 4.74 Å². The largest absolute Gasteiger partial charge is 0.375 e. The van der Waals surface area contributed by atoms with Crippen LogP contribution in [0.25, 0.3) is 0 Å². The molecule has 0 spiro atoms. The Balaban J connectivity index is 0.000000730. The molecule has 9 atom stereocenters. The average Bonchev–Trinajstić information content (AvgIpc) is 3.61. The van der Waals surface area contributed by atoms with Crippen LogP contribution in [0.5, 0.6) is 0 Å². The van der Waals surface area contributed by atoms with E-state index in [1.54, 1.807) is 0 Å². The first-order valence-corrected chi connectivity index (χ1v) is 15.0. The maximum absolute atomic E-state index is 12.4. The van der Waals surface area contributed by atoms with Gasteiger partial charge in [0.25, 0.3) is 0 Å². The number of rotatable bonds is 14. The van der Waals surface area contributed by atoms with Gasteiger partial charge in [-0.1, -0.05) is 80.7 Å². The molecule has 1 aliphatic carbocycles. The topological polar surface area (TPSA) is 29.5 Å². The van der Waals surface area contributed by atoms with E-state index in [1.807, 2.05) is 19.9 Å². The van der Waals surface area contributed by atoms with Gasteiger partial charge in [-0.25, -0.2) is 0 Å². The number of carbonyl (C=O) groups is 1. The van der Waals surface area contributed by atoms with Gasteiger partial charge in [0.05, 0.1) is 12.2 Å². The van der Waals surface area contributed by atoms with Gasteiger partial charge in [-0.2, -0.15) is 0 Å². The maximum Gasteiger partial charge on any atom is 0.135 e. The lowest BCUT2D eigenvalue weighted by Gasteiger charge is -2.31. The summed E-state index contributed by atoms with van der Waals surface area (Å²) in [5.41, 5.74) is 0. The Bertz CT molecular complexity index is 560. The molecule has 0 radical (unpaired) electrons. The van der Waals surface area contributed by atoms with Crippen LogP contribution in [0.4, 0.5) is 0 Å². The minimum atomic E-state index is 0.224. The number of fused-ring (bicyclic) bond motifs is 1. The summed E-state index contributed by atoms with van der Waals surface area (Å²) in [7, 11) is 4.36. The van der Waals surface area contributed by atoms with Gasteiger partial charge in [-0.15, -0.1) is 6.58 Å². The van der Waals surface area contributed by atoms with Crippen molar-refractivity contribution in [2.75, 3.05) is 14.1 Å². The van der Waals surface area contributed by atoms with E-state index in [-0.39, 0.29) is 5.92 Å². The van der Waals surface area contributed by atoms with Crippen molar-refractivity contribution >= 4 is 5.78 Å². The zero-order valence-electron chi connectivity index (χ0n) is 25.6. The molecule has 35 heavy (non-hydrogen) atoms. The second kappa shape index (κ2) is 18.6. The van der Waals surface area contributed by atoms with Gasteiger partial charge < -0.3 is 9.64 Å². The number of carbonyl (C=O) groups excluding carboxylic acids is 1. The summed E-state index contributed by atoms with van der Waals surface area (Å²) in [5.74, 6) is 4.08. The van der Waals surface area contributed by atoms with Gasteiger partial charge >= 0.3 is 0 Å². The minimum Gasteiger partial charge on any atom is -0.375 e. The fourth-order valence-corrected chi connectivity index (χ4v) is 5.20. The van der Waals surface area contributed by atoms with E-state index in [0.717, 1.165) is 30.7 Å². The van der Waals surface area contributed by atoms with Gasteiger partial charge in [0.1, 0.15) is 5.78 Å². The average molecular weight is 494 g/mol. The monoisotopic (exact) mass is 493 g/mol. The van der Waals surface area contributed by atoms with Crippen LogP contribution in [0.15, 0.2) is 12.7 Å². The molecular formula is C32H63NO2. The van der Waals surface area contributed by atoms with Crippen molar-refractivity contribution in [2.45, 2.75) is 138 Å². The first kappa shape index (κ1) is 34.3.